The molecular weight excluding hydrogens is 176 g/mol. The number of oxime groups is 1. The van der Waals surface area contributed by atoms with Gasteiger partial charge in [-0.25, -0.2) is 0 Å². The molecule has 0 amide bonds. The molecule has 0 bridgehead atoms. The fourth-order valence-corrected chi connectivity index (χ4v) is 1.20. The molecule has 2 rings (SSSR count). The Hall–Kier alpha value is -1.35. The Balaban J connectivity index is 1.80. The van der Waals surface area contributed by atoms with Crippen molar-refractivity contribution in [1.82, 2.24) is 5.32 Å². The zero-order valence-electron chi connectivity index (χ0n) is 8.23. The highest BCUT2D eigenvalue weighted by Crippen LogP contribution is 2.03. The van der Waals surface area contributed by atoms with Gasteiger partial charge in [0.1, 0.15) is 6.61 Å². The lowest BCUT2D eigenvalue weighted by atomic mass is 10.2. The molecule has 1 unspecified atom stereocenters. The summed E-state index contributed by atoms with van der Waals surface area (Å²) < 4.78 is 0. The van der Waals surface area contributed by atoms with Crippen molar-refractivity contribution in [3.8, 4) is 0 Å². The molecule has 3 nitrogen and oxygen atoms in total. The maximum atomic E-state index is 5.23. The van der Waals surface area contributed by atoms with Crippen LogP contribution in [0, 0.1) is 0 Å². The molecule has 0 aromatic heterocycles. The van der Waals surface area contributed by atoms with Gasteiger partial charge in [-0.05, 0) is 12.5 Å². The minimum absolute atomic E-state index is 0.450. The zero-order chi connectivity index (χ0) is 9.80. The molecule has 0 spiro atoms. The lowest BCUT2D eigenvalue weighted by Crippen LogP contribution is -2.05. The summed E-state index contributed by atoms with van der Waals surface area (Å²) >= 11 is 0. The van der Waals surface area contributed by atoms with E-state index in [-0.39, 0.29) is 0 Å². The van der Waals surface area contributed by atoms with Gasteiger partial charge in [0, 0.05) is 6.54 Å². The normalized spacial score (nSPS) is 20.6. The molecule has 1 fully saturated rings. The van der Waals surface area contributed by atoms with Crippen LogP contribution in [-0.4, -0.2) is 18.3 Å². The summed E-state index contributed by atoms with van der Waals surface area (Å²) in [6.07, 6.45) is 0. The second-order valence-corrected chi connectivity index (χ2v) is 3.45. The summed E-state index contributed by atoms with van der Waals surface area (Å²) in [6.45, 7) is 3.56. The predicted molar refractivity (Wildman–Crippen MR) is 56.1 cm³/mol. The lowest BCUT2D eigenvalue weighted by molar-refractivity contribution is 0.130. The predicted octanol–water partition coefficient (Wildman–Crippen LogP) is 1.55. The van der Waals surface area contributed by atoms with E-state index in [1.807, 2.05) is 37.3 Å². The highest BCUT2D eigenvalue weighted by Gasteiger charge is 2.23. The molecule has 74 valence electrons. The average molecular weight is 190 g/mol. The summed E-state index contributed by atoms with van der Waals surface area (Å²) in [6, 6.07) is 10.5. The van der Waals surface area contributed by atoms with Crippen molar-refractivity contribution in [2.45, 2.75) is 19.6 Å². The Morgan fingerprint density at radius 3 is 2.86 bits per heavy atom. The maximum absolute atomic E-state index is 5.23. The second kappa shape index (κ2) is 4.24. The minimum atomic E-state index is 0.450. The van der Waals surface area contributed by atoms with Crippen molar-refractivity contribution in [2.75, 3.05) is 6.54 Å². The van der Waals surface area contributed by atoms with E-state index in [1.54, 1.807) is 0 Å². The SMILES string of the molecule is CC(=NOCc1ccccc1)C1CN1. The van der Waals surface area contributed by atoms with Crippen LogP contribution in [0.15, 0.2) is 35.5 Å². The molecule has 1 aromatic carbocycles. The summed E-state index contributed by atoms with van der Waals surface area (Å²) in [7, 11) is 0. The first kappa shape index (κ1) is 9.21. The number of benzene rings is 1. The van der Waals surface area contributed by atoms with Crippen LogP contribution in [0.3, 0.4) is 0 Å². The molecule has 14 heavy (non-hydrogen) atoms. The van der Waals surface area contributed by atoms with Crippen LogP contribution < -0.4 is 5.32 Å². The first-order chi connectivity index (χ1) is 6.86. The second-order valence-electron chi connectivity index (χ2n) is 3.45. The van der Waals surface area contributed by atoms with Gasteiger partial charge in [-0.2, -0.15) is 0 Å². The molecule has 1 heterocycles. The van der Waals surface area contributed by atoms with Crippen LogP contribution in [0.1, 0.15) is 12.5 Å². The smallest absolute Gasteiger partial charge is 0.142 e. The highest BCUT2D eigenvalue weighted by atomic mass is 16.6. The van der Waals surface area contributed by atoms with Crippen LogP contribution in [-0.2, 0) is 11.4 Å². The molecule has 0 radical (unpaired) electrons. The van der Waals surface area contributed by atoms with E-state index < -0.39 is 0 Å². The van der Waals surface area contributed by atoms with Crippen molar-refractivity contribution in [3.05, 3.63) is 35.9 Å². The van der Waals surface area contributed by atoms with E-state index in [9.17, 15) is 0 Å². The van der Waals surface area contributed by atoms with E-state index in [0.29, 0.717) is 12.6 Å². The highest BCUT2D eigenvalue weighted by molar-refractivity contribution is 5.89. The number of rotatable bonds is 4. The van der Waals surface area contributed by atoms with Gasteiger partial charge < -0.3 is 10.2 Å². The Kier molecular flexibility index (Phi) is 2.79. The maximum Gasteiger partial charge on any atom is 0.142 e. The van der Waals surface area contributed by atoms with Crippen LogP contribution in [0.4, 0.5) is 0 Å². The third-order valence-corrected chi connectivity index (χ3v) is 2.20. The Morgan fingerprint density at radius 2 is 2.21 bits per heavy atom. The molecule has 0 aliphatic carbocycles. The van der Waals surface area contributed by atoms with Gasteiger partial charge in [-0.1, -0.05) is 35.5 Å². The van der Waals surface area contributed by atoms with Crippen LogP contribution in [0.5, 0.6) is 0 Å². The molecule has 1 aliphatic heterocycles. The Morgan fingerprint density at radius 1 is 1.50 bits per heavy atom. The third-order valence-electron chi connectivity index (χ3n) is 2.20. The van der Waals surface area contributed by atoms with Gasteiger partial charge in [-0.3, -0.25) is 0 Å². The quantitative estimate of drug-likeness (QED) is 0.444. The molecule has 0 saturated carbocycles. The summed E-state index contributed by atoms with van der Waals surface area (Å²) in [5.41, 5.74) is 2.17. The molecule has 1 aliphatic rings. The molecule has 1 aromatic rings. The van der Waals surface area contributed by atoms with Crippen LogP contribution >= 0.6 is 0 Å². The Labute approximate surface area is 83.8 Å². The number of hydrogen-bond donors (Lipinski definition) is 1. The van der Waals surface area contributed by atoms with Crippen molar-refractivity contribution < 1.29 is 4.84 Å². The van der Waals surface area contributed by atoms with E-state index >= 15 is 0 Å². The van der Waals surface area contributed by atoms with E-state index in [2.05, 4.69) is 10.5 Å². The van der Waals surface area contributed by atoms with Crippen molar-refractivity contribution in [2.24, 2.45) is 5.16 Å². The fraction of sp³-hybridized carbons (Fsp3) is 0.364. The monoisotopic (exact) mass is 190 g/mol. The van der Waals surface area contributed by atoms with Gasteiger partial charge in [0.15, 0.2) is 0 Å². The van der Waals surface area contributed by atoms with E-state index in [1.165, 1.54) is 0 Å². The van der Waals surface area contributed by atoms with Crippen LogP contribution in [0.2, 0.25) is 0 Å². The van der Waals surface area contributed by atoms with Gasteiger partial charge in [0.25, 0.3) is 0 Å². The average Bonchev–Trinajstić information content (AvgIpc) is 3.02. The van der Waals surface area contributed by atoms with Gasteiger partial charge in [0.2, 0.25) is 0 Å². The fourth-order valence-electron chi connectivity index (χ4n) is 1.20. The first-order valence-electron chi connectivity index (χ1n) is 4.80. The van der Waals surface area contributed by atoms with Crippen LogP contribution in [0.25, 0.3) is 0 Å². The van der Waals surface area contributed by atoms with Gasteiger partial charge in [-0.15, -0.1) is 0 Å². The molecule has 1 N–H and O–H groups in total. The first-order valence-corrected chi connectivity index (χ1v) is 4.80. The molecule has 1 saturated heterocycles. The number of nitrogens with zero attached hydrogens (tertiary/aromatic N) is 1. The number of hydrogen-bond acceptors (Lipinski definition) is 3. The summed E-state index contributed by atoms with van der Waals surface area (Å²) in [5, 5.41) is 7.21. The van der Waals surface area contributed by atoms with Gasteiger partial charge >= 0.3 is 0 Å². The molecule has 1 atom stereocenters. The number of nitrogens with one attached hydrogen (secondary N) is 1. The topological polar surface area (TPSA) is 43.5 Å². The Bertz CT molecular complexity index is 317. The van der Waals surface area contributed by atoms with E-state index in [0.717, 1.165) is 17.8 Å². The van der Waals surface area contributed by atoms with Crippen molar-refractivity contribution in [3.63, 3.8) is 0 Å². The molecular formula is C11H14N2O. The lowest BCUT2D eigenvalue weighted by Gasteiger charge is -2.00. The molecule has 3 heteroatoms. The summed E-state index contributed by atoms with van der Waals surface area (Å²) in [4.78, 5) is 5.23. The minimum Gasteiger partial charge on any atom is -0.391 e. The largest absolute Gasteiger partial charge is 0.391 e. The van der Waals surface area contributed by atoms with Crippen molar-refractivity contribution >= 4 is 5.71 Å². The van der Waals surface area contributed by atoms with Gasteiger partial charge in [0.05, 0.1) is 11.8 Å². The summed E-state index contributed by atoms with van der Waals surface area (Å²) in [5.74, 6) is 0. The van der Waals surface area contributed by atoms with Crippen molar-refractivity contribution in [1.29, 1.82) is 0 Å². The third kappa shape index (κ3) is 2.57. The standard InChI is InChI=1S/C11H14N2O/c1-9(11-7-12-11)13-14-8-10-5-3-2-4-6-10/h2-6,11-12H,7-8H2,1H3. The zero-order valence-corrected chi connectivity index (χ0v) is 8.23. The van der Waals surface area contributed by atoms with E-state index in [4.69, 9.17) is 4.84 Å².